The SMILES string of the molecule is COc1ccc([C@H](NC(=O)[C@@H](O)c2ccccc2)C(F)(F)F)cc1. The predicted molar refractivity (Wildman–Crippen MR) is 81.3 cm³/mol. The van der Waals surface area contributed by atoms with Gasteiger partial charge in [-0.2, -0.15) is 13.2 Å². The zero-order chi connectivity index (χ0) is 17.7. The summed E-state index contributed by atoms with van der Waals surface area (Å²) in [6, 6.07) is 10.7. The van der Waals surface area contributed by atoms with Gasteiger partial charge in [0.15, 0.2) is 12.1 Å². The van der Waals surface area contributed by atoms with Gasteiger partial charge in [0.2, 0.25) is 0 Å². The molecule has 0 spiro atoms. The topological polar surface area (TPSA) is 58.6 Å². The van der Waals surface area contributed by atoms with E-state index in [1.807, 2.05) is 5.32 Å². The Balaban J connectivity index is 2.21. The summed E-state index contributed by atoms with van der Waals surface area (Å²) in [5, 5.41) is 11.8. The molecule has 128 valence electrons. The number of carbonyl (C=O) groups excluding carboxylic acids is 1. The maximum atomic E-state index is 13.3. The van der Waals surface area contributed by atoms with Crippen molar-refractivity contribution in [2.75, 3.05) is 7.11 Å². The fourth-order valence-corrected chi connectivity index (χ4v) is 2.16. The van der Waals surface area contributed by atoms with Crippen LogP contribution >= 0.6 is 0 Å². The van der Waals surface area contributed by atoms with Crippen LogP contribution in [0.5, 0.6) is 5.75 Å². The van der Waals surface area contributed by atoms with Gasteiger partial charge in [-0.1, -0.05) is 42.5 Å². The van der Waals surface area contributed by atoms with E-state index < -0.39 is 24.2 Å². The van der Waals surface area contributed by atoms with Gasteiger partial charge in [-0.3, -0.25) is 4.79 Å². The Morgan fingerprint density at radius 1 is 1.04 bits per heavy atom. The molecule has 2 N–H and O–H groups in total. The van der Waals surface area contributed by atoms with Crippen LogP contribution in [0.3, 0.4) is 0 Å². The minimum Gasteiger partial charge on any atom is -0.497 e. The van der Waals surface area contributed by atoms with Gasteiger partial charge >= 0.3 is 6.18 Å². The highest BCUT2D eigenvalue weighted by Gasteiger charge is 2.42. The largest absolute Gasteiger partial charge is 0.497 e. The number of hydrogen-bond donors (Lipinski definition) is 2. The molecule has 2 aromatic rings. The van der Waals surface area contributed by atoms with E-state index >= 15 is 0 Å². The molecule has 0 unspecified atom stereocenters. The second kappa shape index (κ2) is 7.35. The number of hydrogen-bond acceptors (Lipinski definition) is 3. The molecular weight excluding hydrogens is 323 g/mol. The Morgan fingerprint density at radius 3 is 2.12 bits per heavy atom. The normalized spacial score (nSPS) is 13.9. The van der Waals surface area contributed by atoms with Crippen LogP contribution in [0, 0.1) is 0 Å². The van der Waals surface area contributed by atoms with Gasteiger partial charge in [0.05, 0.1) is 7.11 Å². The summed E-state index contributed by atoms with van der Waals surface area (Å²) in [7, 11) is 1.40. The minimum atomic E-state index is -4.71. The zero-order valence-electron chi connectivity index (χ0n) is 12.7. The molecule has 0 saturated heterocycles. The molecule has 0 aliphatic rings. The van der Waals surface area contributed by atoms with Crippen LogP contribution in [0.4, 0.5) is 13.2 Å². The molecule has 0 aliphatic carbocycles. The second-order valence-electron chi connectivity index (χ2n) is 5.07. The molecule has 0 saturated carbocycles. The van der Waals surface area contributed by atoms with Crippen molar-refractivity contribution >= 4 is 5.91 Å². The lowest BCUT2D eigenvalue weighted by Gasteiger charge is -2.23. The lowest BCUT2D eigenvalue weighted by Crippen LogP contribution is -2.40. The van der Waals surface area contributed by atoms with Crippen LogP contribution in [0.25, 0.3) is 0 Å². The second-order valence-corrected chi connectivity index (χ2v) is 5.07. The van der Waals surface area contributed by atoms with Gasteiger partial charge in [0, 0.05) is 0 Å². The molecule has 0 fully saturated rings. The van der Waals surface area contributed by atoms with Gasteiger partial charge in [-0.15, -0.1) is 0 Å². The van der Waals surface area contributed by atoms with Crippen LogP contribution in [0.15, 0.2) is 54.6 Å². The van der Waals surface area contributed by atoms with Crippen LogP contribution in [-0.2, 0) is 4.79 Å². The molecule has 7 heteroatoms. The number of alkyl halides is 3. The van der Waals surface area contributed by atoms with Crippen molar-refractivity contribution in [3.8, 4) is 5.75 Å². The Hall–Kier alpha value is -2.54. The van der Waals surface area contributed by atoms with Crippen molar-refractivity contribution in [1.29, 1.82) is 0 Å². The van der Waals surface area contributed by atoms with Crippen molar-refractivity contribution in [2.24, 2.45) is 0 Å². The van der Waals surface area contributed by atoms with E-state index in [2.05, 4.69) is 0 Å². The Kier molecular flexibility index (Phi) is 5.46. The summed E-state index contributed by atoms with van der Waals surface area (Å²) in [6.45, 7) is 0. The first kappa shape index (κ1) is 17.8. The number of benzene rings is 2. The molecule has 0 heterocycles. The number of rotatable bonds is 5. The number of ether oxygens (including phenoxy) is 1. The van der Waals surface area contributed by atoms with Gasteiger partial charge in [0.25, 0.3) is 5.91 Å². The third kappa shape index (κ3) is 4.26. The number of methoxy groups -OCH3 is 1. The molecule has 4 nitrogen and oxygen atoms in total. The summed E-state index contributed by atoms with van der Waals surface area (Å²) < 4.78 is 44.8. The summed E-state index contributed by atoms with van der Waals surface area (Å²) in [6.07, 6.45) is -6.39. The molecule has 24 heavy (non-hydrogen) atoms. The first-order valence-electron chi connectivity index (χ1n) is 7.07. The van der Waals surface area contributed by atoms with Gasteiger partial charge in [-0.25, -0.2) is 0 Å². The molecule has 0 radical (unpaired) electrons. The number of aliphatic hydroxyl groups excluding tert-OH is 1. The zero-order valence-corrected chi connectivity index (χ0v) is 12.7. The molecule has 0 bridgehead atoms. The average molecular weight is 339 g/mol. The summed E-state index contributed by atoms with van der Waals surface area (Å²) in [5.74, 6) is -0.727. The fourth-order valence-electron chi connectivity index (χ4n) is 2.16. The van der Waals surface area contributed by atoms with Gasteiger partial charge < -0.3 is 15.2 Å². The van der Waals surface area contributed by atoms with E-state index in [4.69, 9.17) is 4.74 Å². The highest BCUT2D eigenvalue weighted by Crippen LogP contribution is 2.34. The van der Waals surface area contributed by atoms with Crippen LogP contribution in [0.2, 0.25) is 0 Å². The fraction of sp³-hybridized carbons (Fsp3) is 0.235. The van der Waals surface area contributed by atoms with Crippen molar-refractivity contribution in [3.63, 3.8) is 0 Å². The highest BCUT2D eigenvalue weighted by atomic mass is 19.4. The van der Waals surface area contributed by atoms with Crippen LogP contribution in [-0.4, -0.2) is 24.3 Å². The smallest absolute Gasteiger partial charge is 0.412 e. The van der Waals surface area contributed by atoms with Gasteiger partial charge in [0.1, 0.15) is 5.75 Å². The van der Waals surface area contributed by atoms with Crippen molar-refractivity contribution in [3.05, 3.63) is 65.7 Å². The van der Waals surface area contributed by atoms with Crippen LogP contribution < -0.4 is 10.1 Å². The molecule has 0 aliphatic heterocycles. The standard InChI is InChI=1S/C17H16F3NO3/c1-24-13-9-7-12(8-10-13)15(17(18,19)20)21-16(23)14(22)11-5-3-2-4-6-11/h2-10,14-15,22H,1H3,(H,21,23)/t14-,15-/m0/s1. The summed E-state index contributed by atoms with van der Waals surface area (Å²) in [5.41, 5.74) is 0.0579. The summed E-state index contributed by atoms with van der Waals surface area (Å²) in [4.78, 5) is 12.0. The van der Waals surface area contributed by atoms with Crippen molar-refractivity contribution in [2.45, 2.75) is 18.3 Å². The molecular formula is C17H16F3NO3. The van der Waals surface area contributed by atoms with E-state index in [0.717, 1.165) is 0 Å². The molecule has 2 aromatic carbocycles. The summed E-state index contributed by atoms with van der Waals surface area (Å²) >= 11 is 0. The average Bonchev–Trinajstić information content (AvgIpc) is 2.58. The minimum absolute atomic E-state index is 0.156. The number of halogens is 3. The van der Waals surface area contributed by atoms with E-state index in [0.29, 0.717) is 5.75 Å². The number of amides is 1. The van der Waals surface area contributed by atoms with Crippen molar-refractivity contribution in [1.82, 2.24) is 5.32 Å². The Morgan fingerprint density at radius 2 is 1.62 bits per heavy atom. The number of carbonyl (C=O) groups is 1. The third-order valence-corrected chi connectivity index (χ3v) is 3.43. The van der Waals surface area contributed by atoms with Crippen molar-refractivity contribution < 1.29 is 27.8 Å². The first-order valence-corrected chi connectivity index (χ1v) is 7.07. The molecule has 1 amide bonds. The maximum absolute atomic E-state index is 13.3. The maximum Gasteiger partial charge on any atom is 0.412 e. The lowest BCUT2D eigenvalue weighted by molar-refractivity contribution is -0.166. The van der Waals surface area contributed by atoms with E-state index in [1.165, 1.54) is 43.5 Å². The highest BCUT2D eigenvalue weighted by molar-refractivity contribution is 5.82. The number of nitrogens with one attached hydrogen (secondary N) is 1. The lowest BCUT2D eigenvalue weighted by atomic mass is 10.0. The third-order valence-electron chi connectivity index (χ3n) is 3.43. The Labute approximate surface area is 136 Å². The first-order chi connectivity index (χ1) is 11.3. The van der Waals surface area contributed by atoms with Crippen LogP contribution in [0.1, 0.15) is 23.3 Å². The Bertz CT molecular complexity index is 672. The molecule has 2 atom stereocenters. The quantitative estimate of drug-likeness (QED) is 0.880. The predicted octanol–water partition coefficient (Wildman–Crippen LogP) is 3.15. The van der Waals surface area contributed by atoms with E-state index in [1.54, 1.807) is 18.2 Å². The van der Waals surface area contributed by atoms with E-state index in [9.17, 15) is 23.1 Å². The monoisotopic (exact) mass is 339 g/mol. The molecule has 0 aromatic heterocycles. The molecule has 2 rings (SSSR count). The van der Waals surface area contributed by atoms with Gasteiger partial charge in [-0.05, 0) is 23.3 Å². The number of aliphatic hydroxyl groups is 1. The van der Waals surface area contributed by atoms with E-state index in [-0.39, 0.29) is 11.1 Å².